The van der Waals surface area contributed by atoms with Crippen molar-refractivity contribution in [3.8, 4) is 0 Å². The molecule has 1 aromatic rings. The van der Waals surface area contributed by atoms with Gasteiger partial charge in [0.25, 0.3) is 0 Å². The third-order valence-electron chi connectivity index (χ3n) is 3.86. The minimum Gasteiger partial charge on any atom is -0.391 e. The highest BCUT2D eigenvalue weighted by molar-refractivity contribution is 5.80. The first-order chi connectivity index (χ1) is 10.8. The molecule has 0 aliphatic carbocycles. The summed E-state index contributed by atoms with van der Waals surface area (Å²) in [5.74, 6) is 0.933. The number of rotatable bonds is 6. The third kappa shape index (κ3) is 5.64. The molecule has 122 valence electrons. The molecule has 22 heavy (non-hydrogen) atoms. The monoisotopic (exact) mass is 304 g/mol. The Balaban J connectivity index is 1.88. The number of guanidine groups is 1. The van der Waals surface area contributed by atoms with E-state index in [0.717, 1.165) is 63.4 Å². The Kier molecular flexibility index (Phi) is 7.16. The molecule has 5 nitrogen and oxygen atoms in total. The van der Waals surface area contributed by atoms with Gasteiger partial charge >= 0.3 is 0 Å². The van der Waals surface area contributed by atoms with E-state index in [1.54, 1.807) is 0 Å². The molecular weight excluding hydrogens is 276 g/mol. The van der Waals surface area contributed by atoms with Gasteiger partial charge in [-0.1, -0.05) is 19.4 Å². The second kappa shape index (κ2) is 9.41. The smallest absolute Gasteiger partial charge is 0.194 e. The van der Waals surface area contributed by atoms with Crippen LogP contribution >= 0.6 is 0 Å². The predicted octanol–water partition coefficient (Wildman–Crippen LogP) is 1.83. The van der Waals surface area contributed by atoms with E-state index in [9.17, 15) is 5.11 Å². The number of unbranched alkanes of at least 4 members (excludes halogenated alkanes) is 1. The molecule has 2 heterocycles. The topological polar surface area (TPSA) is 60.8 Å². The van der Waals surface area contributed by atoms with Crippen molar-refractivity contribution >= 4 is 5.96 Å². The lowest BCUT2D eigenvalue weighted by molar-refractivity contribution is 0.101. The van der Waals surface area contributed by atoms with Crippen LogP contribution in [0, 0.1) is 0 Å². The number of piperidine rings is 1. The largest absolute Gasteiger partial charge is 0.391 e. The number of nitrogens with zero attached hydrogens (tertiary/aromatic N) is 3. The number of pyridine rings is 1. The SMILES string of the molecule is CCCCN=C(NCCc1ccccn1)N1CCCC(O)C1. The lowest BCUT2D eigenvalue weighted by Gasteiger charge is -2.33. The average Bonchev–Trinajstić information content (AvgIpc) is 2.54. The molecule has 2 rings (SSSR count). The molecular formula is C17H28N4O. The Morgan fingerprint density at radius 2 is 2.41 bits per heavy atom. The number of hydrogen-bond donors (Lipinski definition) is 2. The minimum absolute atomic E-state index is 0.234. The maximum atomic E-state index is 9.87. The van der Waals surface area contributed by atoms with Crippen LogP contribution in [0.5, 0.6) is 0 Å². The first kappa shape index (κ1) is 16.7. The molecule has 1 aromatic heterocycles. The Hall–Kier alpha value is -1.62. The van der Waals surface area contributed by atoms with E-state index in [0.29, 0.717) is 6.54 Å². The number of likely N-dealkylation sites (tertiary alicyclic amines) is 1. The van der Waals surface area contributed by atoms with Crippen LogP contribution in [0.25, 0.3) is 0 Å². The van der Waals surface area contributed by atoms with Crippen molar-refractivity contribution in [2.75, 3.05) is 26.2 Å². The Morgan fingerprint density at radius 1 is 1.50 bits per heavy atom. The summed E-state index contributed by atoms with van der Waals surface area (Å²) in [5.41, 5.74) is 1.08. The number of aliphatic imine (C=N–C) groups is 1. The molecule has 1 saturated heterocycles. The van der Waals surface area contributed by atoms with Gasteiger partial charge in [-0.15, -0.1) is 0 Å². The number of nitrogens with one attached hydrogen (secondary N) is 1. The molecule has 0 amide bonds. The van der Waals surface area contributed by atoms with Crippen molar-refractivity contribution in [1.29, 1.82) is 0 Å². The molecule has 1 aliphatic heterocycles. The number of aliphatic hydroxyl groups is 1. The van der Waals surface area contributed by atoms with E-state index in [1.807, 2.05) is 24.4 Å². The Labute approximate surface area is 133 Å². The van der Waals surface area contributed by atoms with Gasteiger partial charge < -0.3 is 15.3 Å². The van der Waals surface area contributed by atoms with Gasteiger partial charge in [-0.25, -0.2) is 0 Å². The number of β-amino-alcohol motifs (C(OH)–C–C–N with tert-alkyl or cyclic N) is 1. The fourth-order valence-electron chi connectivity index (χ4n) is 2.61. The maximum Gasteiger partial charge on any atom is 0.194 e. The van der Waals surface area contributed by atoms with Crippen molar-refractivity contribution in [2.24, 2.45) is 4.99 Å². The first-order valence-electron chi connectivity index (χ1n) is 8.41. The summed E-state index contributed by atoms with van der Waals surface area (Å²) >= 11 is 0. The molecule has 0 aromatic carbocycles. The highest BCUT2D eigenvalue weighted by Gasteiger charge is 2.20. The number of hydrogen-bond acceptors (Lipinski definition) is 3. The van der Waals surface area contributed by atoms with Crippen LogP contribution in [0.15, 0.2) is 29.4 Å². The van der Waals surface area contributed by atoms with E-state index in [-0.39, 0.29) is 6.10 Å². The summed E-state index contributed by atoms with van der Waals surface area (Å²) in [7, 11) is 0. The highest BCUT2D eigenvalue weighted by atomic mass is 16.3. The van der Waals surface area contributed by atoms with Crippen LogP contribution in [0.3, 0.4) is 0 Å². The zero-order valence-electron chi connectivity index (χ0n) is 13.5. The molecule has 1 fully saturated rings. The first-order valence-corrected chi connectivity index (χ1v) is 8.41. The number of aromatic nitrogens is 1. The summed E-state index contributed by atoms with van der Waals surface area (Å²) in [6, 6.07) is 5.99. The van der Waals surface area contributed by atoms with Crippen molar-refractivity contribution < 1.29 is 5.11 Å². The summed E-state index contributed by atoms with van der Waals surface area (Å²) in [6.07, 6.45) is 6.64. The fourth-order valence-corrected chi connectivity index (χ4v) is 2.61. The molecule has 0 saturated carbocycles. The zero-order valence-corrected chi connectivity index (χ0v) is 13.5. The molecule has 5 heteroatoms. The predicted molar refractivity (Wildman–Crippen MR) is 90.0 cm³/mol. The normalized spacial score (nSPS) is 19.3. The van der Waals surface area contributed by atoms with Crippen LogP contribution in [0.1, 0.15) is 38.3 Å². The molecule has 1 unspecified atom stereocenters. The molecule has 1 atom stereocenters. The second-order valence-electron chi connectivity index (χ2n) is 5.80. The minimum atomic E-state index is -0.234. The lowest BCUT2D eigenvalue weighted by atomic mass is 10.1. The molecule has 0 spiro atoms. The molecule has 0 bridgehead atoms. The second-order valence-corrected chi connectivity index (χ2v) is 5.80. The van der Waals surface area contributed by atoms with Gasteiger partial charge in [0.2, 0.25) is 0 Å². The van der Waals surface area contributed by atoms with E-state index >= 15 is 0 Å². The lowest BCUT2D eigenvalue weighted by Crippen LogP contribution is -2.48. The van der Waals surface area contributed by atoms with E-state index in [4.69, 9.17) is 4.99 Å². The zero-order chi connectivity index (χ0) is 15.6. The highest BCUT2D eigenvalue weighted by Crippen LogP contribution is 2.10. The van der Waals surface area contributed by atoms with Crippen molar-refractivity contribution in [1.82, 2.24) is 15.2 Å². The van der Waals surface area contributed by atoms with E-state index < -0.39 is 0 Å². The summed E-state index contributed by atoms with van der Waals surface area (Å²) in [6.45, 7) is 5.48. The Morgan fingerprint density at radius 3 is 3.14 bits per heavy atom. The quantitative estimate of drug-likeness (QED) is 0.478. The average molecular weight is 304 g/mol. The van der Waals surface area contributed by atoms with Crippen LogP contribution < -0.4 is 5.32 Å². The van der Waals surface area contributed by atoms with Crippen LogP contribution in [-0.2, 0) is 6.42 Å². The van der Waals surface area contributed by atoms with Crippen LogP contribution in [0.4, 0.5) is 0 Å². The fraction of sp³-hybridized carbons (Fsp3) is 0.647. The van der Waals surface area contributed by atoms with E-state index in [2.05, 4.69) is 22.1 Å². The summed E-state index contributed by atoms with van der Waals surface area (Å²) in [4.78, 5) is 11.2. The van der Waals surface area contributed by atoms with Gasteiger partial charge in [-0.2, -0.15) is 0 Å². The van der Waals surface area contributed by atoms with Gasteiger partial charge in [0.15, 0.2) is 5.96 Å². The van der Waals surface area contributed by atoms with Crippen molar-refractivity contribution in [2.45, 2.75) is 45.1 Å². The summed E-state index contributed by atoms with van der Waals surface area (Å²) < 4.78 is 0. The Bertz CT molecular complexity index is 449. The standard InChI is InChI=1S/C17H28N4O/c1-2-3-10-19-17(21-13-6-8-16(22)14-21)20-12-9-15-7-4-5-11-18-15/h4-5,7,11,16,22H,2-3,6,8-10,12-14H2,1H3,(H,19,20). The van der Waals surface area contributed by atoms with Crippen molar-refractivity contribution in [3.05, 3.63) is 30.1 Å². The maximum absolute atomic E-state index is 9.87. The van der Waals surface area contributed by atoms with Gasteiger partial charge in [-0.05, 0) is 31.4 Å². The molecule has 1 aliphatic rings. The summed E-state index contributed by atoms with van der Waals surface area (Å²) in [5, 5.41) is 13.3. The van der Waals surface area contributed by atoms with Gasteiger partial charge in [0, 0.05) is 44.5 Å². The van der Waals surface area contributed by atoms with Crippen LogP contribution in [0.2, 0.25) is 0 Å². The van der Waals surface area contributed by atoms with Crippen molar-refractivity contribution in [3.63, 3.8) is 0 Å². The van der Waals surface area contributed by atoms with Gasteiger partial charge in [0.05, 0.1) is 6.10 Å². The van der Waals surface area contributed by atoms with E-state index in [1.165, 1.54) is 0 Å². The third-order valence-corrected chi connectivity index (χ3v) is 3.86. The van der Waals surface area contributed by atoms with Gasteiger partial charge in [-0.3, -0.25) is 9.98 Å². The molecule has 2 N–H and O–H groups in total. The van der Waals surface area contributed by atoms with Crippen LogP contribution in [-0.4, -0.2) is 53.2 Å². The van der Waals surface area contributed by atoms with Gasteiger partial charge in [0.1, 0.15) is 0 Å². The number of aliphatic hydroxyl groups excluding tert-OH is 1. The molecule has 0 radical (unpaired) electrons.